The molecule has 0 atom stereocenters. The molecule has 1 aliphatic rings. The van der Waals surface area contributed by atoms with Crippen LogP contribution >= 0.6 is 0 Å². The van der Waals surface area contributed by atoms with Gasteiger partial charge in [0.25, 0.3) is 0 Å². The van der Waals surface area contributed by atoms with E-state index in [1.54, 1.807) is 0 Å². The maximum atomic E-state index is 11.6. The van der Waals surface area contributed by atoms with E-state index in [9.17, 15) is 9.59 Å². The molecule has 3 N–H and O–H groups in total. The number of carbonyl (C=O) groups excluding carboxylic acids is 2. The summed E-state index contributed by atoms with van der Waals surface area (Å²) in [4.78, 5) is 23.0. The largest absolute Gasteiger partial charge is 0.368 e. The van der Waals surface area contributed by atoms with Crippen LogP contribution in [0.3, 0.4) is 0 Å². The first-order valence-corrected chi connectivity index (χ1v) is 5.39. The van der Waals surface area contributed by atoms with E-state index in [4.69, 9.17) is 5.73 Å². The summed E-state index contributed by atoms with van der Waals surface area (Å²) in [7, 11) is 0. The molecule has 0 saturated carbocycles. The molecular formula is C13H14N2O2. The zero-order valence-corrected chi connectivity index (χ0v) is 9.40. The molecule has 1 aliphatic carbocycles. The number of fused-ring (bicyclic) bond motifs is 1. The van der Waals surface area contributed by atoms with E-state index >= 15 is 0 Å². The van der Waals surface area contributed by atoms with E-state index in [-0.39, 0.29) is 5.91 Å². The van der Waals surface area contributed by atoms with Crippen LogP contribution in [0.25, 0.3) is 0 Å². The fourth-order valence-corrected chi connectivity index (χ4v) is 2.23. The van der Waals surface area contributed by atoms with Crippen LogP contribution < -0.4 is 11.1 Å². The number of nitrogens with one attached hydrogen (secondary N) is 1. The number of carbonyl (C=O) groups is 2. The molecule has 2 amide bonds. The molecule has 4 heteroatoms. The molecule has 4 nitrogen and oxygen atoms in total. The van der Waals surface area contributed by atoms with Gasteiger partial charge in [-0.1, -0.05) is 30.8 Å². The normalized spacial score (nSPS) is 16.0. The van der Waals surface area contributed by atoms with E-state index in [1.807, 2.05) is 24.3 Å². The molecule has 0 spiro atoms. The van der Waals surface area contributed by atoms with Crippen molar-refractivity contribution in [1.29, 1.82) is 0 Å². The second-order valence-electron chi connectivity index (χ2n) is 4.26. The lowest BCUT2D eigenvalue weighted by Crippen LogP contribution is -2.58. The van der Waals surface area contributed by atoms with Crippen LogP contribution in [0.1, 0.15) is 11.1 Å². The Kier molecular flexibility index (Phi) is 2.71. The van der Waals surface area contributed by atoms with Gasteiger partial charge in [0, 0.05) is 12.8 Å². The first kappa shape index (κ1) is 11.4. The maximum Gasteiger partial charge on any atom is 0.244 e. The van der Waals surface area contributed by atoms with Gasteiger partial charge in [0.2, 0.25) is 11.8 Å². The number of nitrogens with two attached hydrogens (primary N) is 1. The van der Waals surface area contributed by atoms with Crippen LogP contribution in [0.5, 0.6) is 0 Å². The van der Waals surface area contributed by atoms with Crippen molar-refractivity contribution in [2.45, 2.75) is 18.4 Å². The van der Waals surface area contributed by atoms with Gasteiger partial charge in [-0.15, -0.1) is 0 Å². The molecule has 0 aliphatic heterocycles. The topological polar surface area (TPSA) is 72.2 Å². The minimum Gasteiger partial charge on any atom is -0.368 e. The van der Waals surface area contributed by atoms with Crippen LogP contribution in [0.15, 0.2) is 36.9 Å². The average Bonchev–Trinajstić information content (AvgIpc) is 2.68. The Labute approximate surface area is 99.5 Å². The van der Waals surface area contributed by atoms with Crippen molar-refractivity contribution in [3.8, 4) is 0 Å². The second-order valence-corrected chi connectivity index (χ2v) is 4.26. The molecule has 17 heavy (non-hydrogen) atoms. The van der Waals surface area contributed by atoms with Crippen molar-refractivity contribution in [2.75, 3.05) is 0 Å². The number of hydrogen-bond donors (Lipinski definition) is 2. The number of amides is 2. The van der Waals surface area contributed by atoms with Crippen LogP contribution in [-0.4, -0.2) is 17.4 Å². The fourth-order valence-electron chi connectivity index (χ4n) is 2.23. The highest BCUT2D eigenvalue weighted by Crippen LogP contribution is 2.29. The maximum absolute atomic E-state index is 11.6. The van der Waals surface area contributed by atoms with Gasteiger partial charge in [0.05, 0.1) is 0 Å². The van der Waals surface area contributed by atoms with Gasteiger partial charge in [0.1, 0.15) is 5.54 Å². The Bertz CT molecular complexity index is 469. The predicted octanol–water partition coefficient (Wildman–Crippen LogP) is 0.311. The highest BCUT2D eigenvalue weighted by atomic mass is 16.2. The number of rotatable bonds is 3. The van der Waals surface area contributed by atoms with Gasteiger partial charge in [-0.2, -0.15) is 0 Å². The number of benzene rings is 1. The zero-order chi connectivity index (χ0) is 12.5. The minimum atomic E-state index is -1.00. The lowest BCUT2D eigenvalue weighted by molar-refractivity contribution is -0.129. The summed E-state index contributed by atoms with van der Waals surface area (Å²) >= 11 is 0. The molecule has 0 heterocycles. The van der Waals surface area contributed by atoms with Gasteiger partial charge in [-0.05, 0) is 17.2 Å². The fraction of sp³-hybridized carbons (Fsp3) is 0.231. The van der Waals surface area contributed by atoms with Gasteiger partial charge >= 0.3 is 0 Å². The van der Waals surface area contributed by atoms with Crippen LogP contribution in [-0.2, 0) is 22.4 Å². The molecule has 0 saturated heterocycles. The highest BCUT2D eigenvalue weighted by molar-refractivity contribution is 5.95. The van der Waals surface area contributed by atoms with Gasteiger partial charge in [-0.25, -0.2) is 0 Å². The number of primary amides is 1. The molecule has 1 aromatic carbocycles. The summed E-state index contributed by atoms with van der Waals surface area (Å²) in [6, 6.07) is 7.70. The Morgan fingerprint density at radius 3 is 2.24 bits per heavy atom. The number of hydrogen-bond acceptors (Lipinski definition) is 2. The van der Waals surface area contributed by atoms with Gasteiger partial charge < -0.3 is 11.1 Å². The van der Waals surface area contributed by atoms with Gasteiger partial charge in [0.15, 0.2) is 0 Å². The summed E-state index contributed by atoms with van der Waals surface area (Å²) in [6.45, 7) is 3.38. The lowest BCUT2D eigenvalue weighted by Gasteiger charge is -2.25. The van der Waals surface area contributed by atoms with Crippen molar-refractivity contribution < 1.29 is 9.59 Å². The SMILES string of the molecule is C=CC(=O)NC1(C(N)=O)Cc2ccccc2C1. The highest BCUT2D eigenvalue weighted by Gasteiger charge is 2.43. The monoisotopic (exact) mass is 230 g/mol. The summed E-state index contributed by atoms with van der Waals surface area (Å²) in [5.74, 6) is -0.888. The zero-order valence-electron chi connectivity index (χ0n) is 9.40. The molecule has 88 valence electrons. The predicted molar refractivity (Wildman–Crippen MR) is 64.1 cm³/mol. The molecule has 0 radical (unpaired) electrons. The standard InChI is InChI=1S/C13H14N2O2/c1-2-11(16)15-13(12(14)17)7-9-5-3-4-6-10(9)8-13/h2-6H,1,7-8H2,(H2,14,17)(H,15,16). The first-order chi connectivity index (χ1) is 8.07. The average molecular weight is 230 g/mol. The van der Waals surface area contributed by atoms with Crippen molar-refractivity contribution >= 4 is 11.8 Å². The third-order valence-electron chi connectivity index (χ3n) is 3.12. The van der Waals surface area contributed by atoms with E-state index in [0.717, 1.165) is 17.2 Å². The molecule has 2 rings (SSSR count). The molecule has 0 unspecified atom stereocenters. The molecule has 0 aromatic heterocycles. The Morgan fingerprint density at radius 2 is 1.82 bits per heavy atom. The second kappa shape index (κ2) is 4.05. The molecule has 0 bridgehead atoms. The first-order valence-electron chi connectivity index (χ1n) is 5.39. The van der Waals surface area contributed by atoms with E-state index < -0.39 is 11.4 Å². The van der Waals surface area contributed by atoms with Gasteiger partial charge in [-0.3, -0.25) is 9.59 Å². The van der Waals surface area contributed by atoms with Crippen molar-refractivity contribution in [2.24, 2.45) is 5.73 Å². The van der Waals surface area contributed by atoms with E-state index in [2.05, 4.69) is 11.9 Å². The molecule has 1 aromatic rings. The van der Waals surface area contributed by atoms with Crippen molar-refractivity contribution in [3.63, 3.8) is 0 Å². The summed E-state index contributed by atoms with van der Waals surface area (Å²) in [6.07, 6.45) is 2.03. The Balaban J connectivity index is 2.32. The Morgan fingerprint density at radius 1 is 1.29 bits per heavy atom. The summed E-state index contributed by atoms with van der Waals surface area (Å²) in [5, 5.41) is 2.66. The quantitative estimate of drug-likeness (QED) is 0.734. The minimum absolute atomic E-state index is 0.378. The van der Waals surface area contributed by atoms with Crippen LogP contribution in [0.4, 0.5) is 0 Å². The lowest BCUT2D eigenvalue weighted by atomic mass is 9.94. The Hall–Kier alpha value is -2.10. The third kappa shape index (κ3) is 1.93. The molecule has 0 fully saturated rings. The summed E-state index contributed by atoms with van der Waals surface area (Å²) in [5.41, 5.74) is 6.53. The third-order valence-corrected chi connectivity index (χ3v) is 3.12. The van der Waals surface area contributed by atoms with E-state index in [1.165, 1.54) is 0 Å². The van der Waals surface area contributed by atoms with Crippen LogP contribution in [0, 0.1) is 0 Å². The van der Waals surface area contributed by atoms with Crippen molar-refractivity contribution in [1.82, 2.24) is 5.32 Å². The van der Waals surface area contributed by atoms with E-state index in [0.29, 0.717) is 12.8 Å². The van der Waals surface area contributed by atoms with Crippen LogP contribution in [0.2, 0.25) is 0 Å². The smallest absolute Gasteiger partial charge is 0.244 e. The summed E-state index contributed by atoms with van der Waals surface area (Å²) < 4.78 is 0. The molecular weight excluding hydrogens is 216 g/mol. The van der Waals surface area contributed by atoms with Crippen molar-refractivity contribution in [3.05, 3.63) is 48.0 Å².